The number of rotatable bonds is 7. The van der Waals surface area contributed by atoms with Crippen LogP contribution in [0.15, 0.2) is 66.9 Å². The van der Waals surface area contributed by atoms with E-state index in [1.807, 2.05) is 71.0 Å². The number of halogens is 1. The number of amides is 1. The van der Waals surface area contributed by atoms with Gasteiger partial charge in [0.05, 0.1) is 30.6 Å². The molecule has 7 heteroatoms. The Kier molecular flexibility index (Phi) is 7.02. The normalized spacial score (nSPS) is 13.3. The highest BCUT2D eigenvalue weighted by atomic mass is 19.1. The van der Waals surface area contributed by atoms with Gasteiger partial charge in [0, 0.05) is 10.8 Å². The number of carbonyl (C=O) groups excluding carboxylic acids is 1. The van der Waals surface area contributed by atoms with Crippen molar-refractivity contribution < 1.29 is 18.7 Å². The maximum atomic E-state index is 13.4. The lowest BCUT2D eigenvalue weighted by Crippen LogP contribution is -2.44. The summed E-state index contributed by atoms with van der Waals surface area (Å²) in [4.78, 5) is 12.8. The number of hydrogen-bond donors (Lipinski definition) is 1. The molecule has 0 aliphatic heterocycles. The van der Waals surface area contributed by atoms with Gasteiger partial charge in [-0.25, -0.2) is 9.07 Å². The maximum Gasteiger partial charge on any atom is 0.225 e. The van der Waals surface area contributed by atoms with Gasteiger partial charge in [0.1, 0.15) is 23.4 Å². The summed E-state index contributed by atoms with van der Waals surface area (Å²) in [6.45, 7) is 9.56. The van der Waals surface area contributed by atoms with Crippen molar-refractivity contribution in [2.45, 2.75) is 46.8 Å². The van der Waals surface area contributed by atoms with E-state index in [-0.39, 0.29) is 17.8 Å². The van der Waals surface area contributed by atoms with Crippen molar-refractivity contribution in [3.63, 3.8) is 0 Å². The average Bonchev–Trinajstić information content (AvgIpc) is 3.24. The third kappa shape index (κ3) is 5.35. The molecule has 1 heterocycles. The second-order valence-electron chi connectivity index (χ2n) is 10.0. The highest BCUT2D eigenvalue weighted by Crippen LogP contribution is 2.33. The summed E-state index contributed by atoms with van der Waals surface area (Å²) in [7, 11) is 1.62. The molecule has 0 aliphatic rings. The van der Waals surface area contributed by atoms with Gasteiger partial charge >= 0.3 is 0 Å². The Morgan fingerprint density at radius 1 is 1.08 bits per heavy atom. The first-order valence-electron chi connectivity index (χ1n) is 11.9. The zero-order chi connectivity index (χ0) is 26.0. The van der Waals surface area contributed by atoms with Crippen LogP contribution in [0, 0.1) is 18.2 Å². The van der Waals surface area contributed by atoms with Crippen molar-refractivity contribution >= 4 is 16.8 Å². The minimum absolute atomic E-state index is 0.0563. The second kappa shape index (κ2) is 10.0. The van der Waals surface area contributed by atoms with Crippen LogP contribution in [0.3, 0.4) is 0 Å². The van der Waals surface area contributed by atoms with Crippen molar-refractivity contribution in [2.24, 2.45) is 5.41 Å². The molecule has 6 nitrogen and oxygen atoms in total. The quantitative estimate of drug-likeness (QED) is 0.338. The van der Waals surface area contributed by atoms with Crippen LogP contribution in [0.4, 0.5) is 4.39 Å². The summed E-state index contributed by atoms with van der Waals surface area (Å²) in [5, 5.41) is 8.50. The predicted octanol–water partition coefficient (Wildman–Crippen LogP) is 6.15. The summed E-state index contributed by atoms with van der Waals surface area (Å²) in [6, 6.07) is 17.5. The summed E-state index contributed by atoms with van der Waals surface area (Å²) >= 11 is 0. The van der Waals surface area contributed by atoms with Gasteiger partial charge in [0.2, 0.25) is 5.91 Å². The van der Waals surface area contributed by atoms with Crippen LogP contribution >= 0.6 is 0 Å². The molecule has 1 N–H and O–H groups in total. The molecule has 1 aromatic heterocycles. The fourth-order valence-corrected chi connectivity index (χ4v) is 3.99. The Morgan fingerprint density at radius 3 is 2.47 bits per heavy atom. The van der Waals surface area contributed by atoms with Crippen molar-refractivity contribution in [3.8, 4) is 17.2 Å². The van der Waals surface area contributed by atoms with Crippen molar-refractivity contribution in [1.82, 2.24) is 15.1 Å². The van der Waals surface area contributed by atoms with Crippen molar-refractivity contribution in [1.29, 1.82) is 0 Å². The van der Waals surface area contributed by atoms with Gasteiger partial charge in [-0.15, -0.1) is 0 Å². The Balaban J connectivity index is 1.70. The second-order valence-corrected chi connectivity index (χ2v) is 10.0. The van der Waals surface area contributed by atoms with Gasteiger partial charge in [0.25, 0.3) is 0 Å². The number of hydrogen-bond acceptors (Lipinski definition) is 4. The average molecular weight is 490 g/mol. The minimum Gasteiger partial charge on any atom is -0.497 e. The summed E-state index contributed by atoms with van der Waals surface area (Å²) in [5.41, 5.74) is 2.92. The van der Waals surface area contributed by atoms with Gasteiger partial charge in [-0.1, -0.05) is 32.9 Å². The summed E-state index contributed by atoms with van der Waals surface area (Å²) < 4.78 is 27.2. The molecule has 0 spiro atoms. The number of fused-ring (bicyclic) bond motifs is 1. The molecule has 0 fully saturated rings. The molecule has 188 valence electrons. The zero-order valence-corrected chi connectivity index (χ0v) is 21.5. The largest absolute Gasteiger partial charge is 0.497 e. The fraction of sp³-hybridized carbons (Fsp3) is 0.310. The van der Waals surface area contributed by atoms with Gasteiger partial charge in [-0.2, -0.15) is 5.10 Å². The summed E-state index contributed by atoms with van der Waals surface area (Å²) in [5.74, 6) is 1.05. The number of ether oxygens (including phenoxy) is 2. The van der Waals surface area contributed by atoms with Crippen molar-refractivity contribution in [3.05, 3.63) is 83.8 Å². The van der Waals surface area contributed by atoms with E-state index in [0.29, 0.717) is 11.5 Å². The van der Waals surface area contributed by atoms with Crippen LogP contribution in [0.2, 0.25) is 0 Å². The molecule has 0 radical (unpaired) electrons. The van der Waals surface area contributed by atoms with Gasteiger partial charge < -0.3 is 14.8 Å². The summed E-state index contributed by atoms with van der Waals surface area (Å²) in [6.07, 6.45) is 1.30. The lowest BCUT2D eigenvalue weighted by atomic mass is 9.94. The first-order valence-corrected chi connectivity index (χ1v) is 11.9. The van der Waals surface area contributed by atoms with Gasteiger partial charge in [-0.3, -0.25) is 4.79 Å². The van der Waals surface area contributed by atoms with Crippen molar-refractivity contribution in [2.75, 3.05) is 7.11 Å². The molecular weight excluding hydrogens is 457 g/mol. The molecule has 4 aromatic rings. The lowest BCUT2D eigenvalue weighted by Gasteiger charge is -2.30. The van der Waals surface area contributed by atoms with E-state index in [4.69, 9.17) is 9.47 Å². The van der Waals surface area contributed by atoms with E-state index >= 15 is 0 Å². The number of methoxy groups -OCH3 is 1. The number of nitrogens with zero attached hydrogens (tertiary/aromatic N) is 2. The third-order valence-electron chi connectivity index (χ3n) is 6.11. The predicted molar refractivity (Wildman–Crippen MR) is 139 cm³/mol. The topological polar surface area (TPSA) is 65.4 Å². The first kappa shape index (κ1) is 25.2. The molecule has 0 bridgehead atoms. The van der Waals surface area contributed by atoms with Crippen LogP contribution in [0.5, 0.6) is 11.5 Å². The molecule has 0 saturated heterocycles. The molecule has 0 saturated carbocycles. The van der Waals surface area contributed by atoms with E-state index in [0.717, 1.165) is 27.7 Å². The monoisotopic (exact) mass is 489 g/mol. The Hall–Kier alpha value is -3.87. The number of carbonyl (C=O) groups is 1. The highest BCUT2D eigenvalue weighted by Gasteiger charge is 2.29. The van der Waals surface area contributed by atoms with Crippen LogP contribution in [-0.4, -0.2) is 28.8 Å². The van der Waals surface area contributed by atoms with Crippen LogP contribution in [0.1, 0.15) is 44.9 Å². The van der Waals surface area contributed by atoms with E-state index in [9.17, 15) is 9.18 Å². The van der Waals surface area contributed by atoms with E-state index in [1.54, 1.807) is 30.1 Å². The molecule has 2 atom stereocenters. The zero-order valence-electron chi connectivity index (χ0n) is 21.5. The SMILES string of the molecule is COc1cccc([C@H](Oc2cc3cnn(-c4ccc(F)cc4)c3cc2C)[C@H](C)NC(=O)C(C)(C)C)c1. The lowest BCUT2D eigenvalue weighted by molar-refractivity contribution is -0.129. The van der Waals surface area contributed by atoms with Gasteiger partial charge in [-0.05, 0) is 73.5 Å². The van der Waals surface area contributed by atoms with E-state index in [2.05, 4.69) is 10.4 Å². The standard InChI is InChI=1S/C29H32FN3O3/c1-18-14-25-21(17-31-33(25)23-12-10-22(30)11-13-23)16-26(18)36-27(19(2)32-28(34)29(3,4)5)20-8-7-9-24(15-20)35-6/h7-17,19,27H,1-6H3,(H,32,34)/t19-,27+/m0/s1. The van der Waals surface area contributed by atoms with E-state index in [1.165, 1.54) is 12.1 Å². The maximum absolute atomic E-state index is 13.4. The molecule has 36 heavy (non-hydrogen) atoms. The number of aromatic nitrogens is 2. The molecule has 3 aromatic carbocycles. The van der Waals surface area contributed by atoms with Crippen LogP contribution in [0.25, 0.3) is 16.6 Å². The molecule has 4 rings (SSSR count). The Labute approximate surface area is 211 Å². The number of aryl methyl sites for hydroxylation is 1. The minimum atomic E-state index is -0.531. The first-order chi connectivity index (χ1) is 17.1. The number of benzene rings is 3. The fourth-order valence-electron chi connectivity index (χ4n) is 3.99. The van der Waals surface area contributed by atoms with Crippen LogP contribution < -0.4 is 14.8 Å². The Bertz CT molecular complexity index is 1370. The smallest absolute Gasteiger partial charge is 0.225 e. The third-order valence-corrected chi connectivity index (χ3v) is 6.11. The Morgan fingerprint density at radius 2 is 1.81 bits per heavy atom. The molecule has 0 unspecified atom stereocenters. The molecular formula is C29H32FN3O3. The molecule has 0 aliphatic carbocycles. The van der Waals surface area contributed by atoms with Gasteiger partial charge in [0.15, 0.2) is 0 Å². The highest BCUT2D eigenvalue weighted by molar-refractivity contribution is 5.83. The molecule has 1 amide bonds. The number of nitrogens with one attached hydrogen (secondary N) is 1. The van der Waals surface area contributed by atoms with E-state index < -0.39 is 11.5 Å². The van der Waals surface area contributed by atoms with Crippen LogP contribution in [-0.2, 0) is 4.79 Å².